The van der Waals surface area contributed by atoms with Crippen molar-refractivity contribution in [3.05, 3.63) is 53.9 Å². The molecular weight excluding hydrogens is 561 g/mol. The Bertz CT molecular complexity index is 1440. The highest BCUT2D eigenvalue weighted by Gasteiger charge is 2.37. The van der Waals surface area contributed by atoms with Gasteiger partial charge in [0.15, 0.2) is 9.84 Å². The third-order valence-corrected chi connectivity index (χ3v) is 10.3. The van der Waals surface area contributed by atoms with Gasteiger partial charge in [0.2, 0.25) is 5.91 Å². The zero-order valence-electron chi connectivity index (χ0n) is 23.0. The van der Waals surface area contributed by atoms with E-state index in [0.717, 1.165) is 17.4 Å². The molecule has 0 spiro atoms. The molecule has 3 atom stereocenters. The Hall–Kier alpha value is -2.57. The Morgan fingerprint density at radius 2 is 1.88 bits per heavy atom. The average Bonchev–Trinajstić information content (AvgIpc) is 3.30. The number of benzene rings is 2. The number of halogens is 3. The molecule has 12 heteroatoms. The number of para-hydroxylation sites is 1. The van der Waals surface area contributed by atoms with Crippen molar-refractivity contribution >= 4 is 38.5 Å². The second-order valence-corrected chi connectivity index (χ2v) is 13.6. The van der Waals surface area contributed by atoms with Gasteiger partial charge < -0.3 is 15.2 Å². The summed E-state index contributed by atoms with van der Waals surface area (Å²) >= 11 is 1.53. The summed E-state index contributed by atoms with van der Waals surface area (Å²) in [7, 11) is -1.60. The van der Waals surface area contributed by atoms with Gasteiger partial charge in [-0.05, 0) is 88.7 Å². The highest BCUT2D eigenvalue weighted by molar-refractivity contribution is 7.98. The first kappa shape index (κ1) is 30.4. The minimum atomic E-state index is -4.57. The predicted molar refractivity (Wildman–Crippen MR) is 151 cm³/mol. The molecule has 1 saturated carbocycles. The lowest BCUT2D eigenvalue weighted by Gasteiger charge is -2.41. The van der Waals surface area contributed by atoms with Crippen molar-refractivity contribution in [3.63, 3.8) is 0 Å². The molecule has 1 aliphatic rings. The van der Waals surface area contributed by atoms with Crippen LogP contribution in [0, 0.1) is 5.92 Å². The minimum absolute atomic E-state index is 0.113. The first-order valence-electron chi connectivity index (χ1n) is 13.2. The van der Waals surface area contributed by atoms with Gasteiger partial charge >= 0.3 is 6.18 Å². The van der Waals surface area contributed by atoms with Gasteiger partial charge in [-0.1, -0.05) is 6.07 Å². The molecule has 1 heterocycles. The molecular formula is C28H35F3N4O3S2. The van der Waals surface area contributed by atoms with Crippen molar-refractivity contribution in [2.75, 3.05) is 19.1 Å². The summed E-state index contributed by atoms with van der Waals surface area (Å²) in [6.45, 7) is 4.18. The second kappa shape index (κ2) is 12.1. The van der Waals surface area contributed by atoms with Gasteiger partial charge in [0.05, 0.1) is 28.1 Å². The fourth-order valence-corrected chi connectivity index (χ4v) is 7.46. The molecule has 218 valence electrons. The molecule has 2 N–H and O–H groups in total. The highest BCUT2D eigenvalue weighted by atomic mass is 32.2. The first-order valence-corrected chi connectivity index (χ1v) is 16.1. The number of imidazole rings is 1. The second-order valence-electron chi connectivity index (χ2n) is 10.7. The van der Waals surface area contributed by atoms with Crippen LogP contribution in [0.1, 0.15) is 44.5 Å². The number of rotatable bonds is 9. The monoisotopic (exact) mass is 596 g/mol. The smallest absolute Gasteiger partial charge is 0.353 e. The summed E-state index contributed by atoms with van der Waals surface area (Å²) in [6.07, 6.45) is -0.903. The van der Waals surface area contributed by atoms with Crippen molar-refractivity contribution in [2.24, 2.45) is 5.92 Å². The first-order chi connectivity index (χ1) is 18.8. The number of aromatic amines is 1. The zero-order valence-corrected chi connectivity index (χ0v) is 24.6. The van der Waals surface area contributed by atoms with Gasteiger partial charge in [0, 0.05) is 23.0 Å². The fraction of sp³-hybridized carbons (Fsp3) is 0.500. The van der Waals surface area contributed by atoms with E-state index in [4.69, 9.17) is 0 Å². The molecule has 0 aliphatic heterocycles. The topological polar surface area (TPSA) is 95.2 Å². The number of alkyl halides is 3. The molecule has 0 bridgehead atoms. The van der Waals surface area contributed by atoms with E-state index in [1.807, 2.05) is 13.3 Å². The molecule has 1 amide bonds. The molecule has 2 aromatic carbocycles. The van der Waals surface area contributed by atoms with Crippen molar-refractivity contribution in [1.29, 1.82) is 0 Å². The van der Waals surface area contributed by atoms with Crippen LogP contribution in [0.2, 0.25) is 0 Å². The lowest BCUT2D eigenvalue weighted by Crippen LogP contribution is -2.51. The van der Waals surface area contributed by atoms with E-state index >= 15 is 0 Å². The molecule has 40 heavy (non-hydrogen) atoms. The van der Waals surface area contributed by atoms with Gasteiger partial charge in [-0.25, -0.2) is 13.4 Å². The van der Waals surface area contributed by atoms with Crippen LogP contribution in [0.3, 0.4) is 0 Å². The van der Waals surface area contributed by atoms with E-state index < -0.39 is 27.5 Å². The largest absolute Gasteiger partial charge is 0.418 e. The number of aromatic nitrogens is 2. The molecule has 0 radical (unpaired) electrons. The maximum absolute atomic E-state index is 13.4. The van der Waals surface area contributed by atoms with E-state index in [0.29, 0.717) is 12.8 Å². The summed E-state index contributed by atoms with van der Waals surface area (Å²) in [5, 5.41) is 2.98. The maximum Gasteiger partial charge on any atom is 0.418 e. The van der Waals surface area contributed by atoms with E-state index in [1.165, 1.54) is 23.9 Å². The molecule has 3 aromatic rings. The minimum Gasteiger partial charge on any atom is -0.353 e. The summed E-state index contributed by atoms with van der Waals surface area (Å²) in [5.74, 6) is -0.740. The number of amides is 1. The van der Waals surface area contributed by atoms with Crippen molar-refractivity contribution < 1.29 is 26.4 Å². The standard InChI is InChI=1S/C28H35F3N4O3S2/c1-17(2)35(3)19-8-13-23(18(14-19)16-40(37,38)21-11-9-20(39-4)10-12-21)33-26(36)15-25-32-24-7-5-6-22(27(24)34-25)28(29,30)31/h5-7,9-12,17-19,23H,8,13-16H2,1-4H3,(H,32,34)(H,33,36)/t18-,19+,23+/m1/s1. The summed E-state index contributed by atoms with van der Waals surface area (Å²) in [6, 6.07) is 10.6. The SMILES string of the molecule is CSc1ccc(S(=O)(=O)C[C@H]2C[C@@H](N(C)C(C)C)CC[C@@H]2NC(=O)Cc2nc3c(C(F)(F)F)cccc3[nH]2)cc1. The average molecular weight is 597 g/mol. The number of hydrogen-bond donors (Lipinski definition) is 2. The van der Waals surface area contributed by atoms with E-state index in [2.05, 4.69) is 34.0 Å². The number of hydrogen-bond acceptors (Lipinski definition) is 6. The predicted octanol–water partition coefficient (Wildman–Crippen LogP) is 5.31. The third kappa shape index (κ3) is 7.01. The summed E-state index contributed by atoms with van der Waals surface area (Å²) < 4.78 is 67.0. The van der Waals surface area contributed by atoms with Gasteiger partial charge in [-0.15, -0.1) is 11.8 Å². The Morgan fingerprint density at radius 3 is 2.50 bits per heavy atom. The van der Waals surface area contributed by atoms with Gasteiger partial charge in [0.25, 0.3) is 0 Å². The number of fused-ring (bicyclic) bond motifs is 1. The molecule has 1 aromatic heterocycles. The molecule has 1 fully saturated rings. The van der Waals surface area contributed by atoms with E-state index in [9.17, 15) is 26.4 Å². The van der Waals surface area contributed by atoms with Crippen LogP contribution in [0.5, 0.6) is 0 Å². The summed E-state index contributed by atoms with van der Waals surface area (Å²) in [4.78, 5) is 23.4. The molecule has 0 unspecified atom stereocenters. The van der Waals surface area contributed by atoms with Crippen LogP contribution in [-0.2, 0) is 27.2 Å². The lowest BCUT2D eigenvalue weighted by molar-refractivity contribution is -0.136. The van der Waals surface area contributed by atoms with Gasteiger partial charge in [0.1, 0.15) is 11.3 Å². The summed E-state index contributed by atoms with van der Waals surface area (Å²) in [5.41, 5.74) is -0.894. The van der Waals surface area contributed by atoms with Crippen molar-refractivity contribution in [1.82, 2.24) is 20.2 Å². The van der Waals surface area contributed by atoms with E-state index in [-0.39, 0.29) is 58.0 Å². The van der Waals surface area contributed by atoms with Crippen molar-refractivity contribution in [2.45, 2.75) is 73.6 Å². The number of carbonyl (C=O) groups excluding carboxylic acids is 1. The van der Waals surface area contributed by atoms with Crippen molar-refractivity contribution in [3.8, 4) is 0 Å². The number of thioether (sulfide) groups is 1. The zero-order chi connectivity index (χ0) is 29.2. The van der Waals surface area contributed by atoms with Crippen LogP contribution in [0.4, 0.5) is 13.2 Å². The molecule has 0 saturated heterocycles. The number of nitrogens with one attached hydrogen (secondary N) is 2. The lowest BCUT2D eigenvalue weighted by atomic mass is 9.81. The Kier molecular flexibility index (Phi) is 9.21. The Balaban J connectivity index is 1.52. The van der Waals surface area contributed by atoms with E-state index in [1.54, 1.807) is 24.3 Å². The Labute approximate surface area is 237 Å². The number of nitrogens with zero attached hydrogens (tertiary/aromatic N) is 2. The van der Waals surface area contributed by atoms with Crippen LogP contribution < -0.4 is 5.32 Å². The highest BCUT2D eigenvalue weighted by Crippen LogP contribution is 2.34. The van der Waals surface area contributed by atoms with Crippen LogP contribution in [0.15, 0.2) is 52.3 Å². The van der Waals surface area contributed by atoms with Crippen LogP contribution >= 0.6 is 11.8 Å². The molecule has 7 nitrogen and oxygen atoms in total. The normalized spacial score (nSPS) is 20.4. The quantitative estimate of drug-likeness (QED) is 0.325. The number of sulfone groups is 1. The van der Waals surface area contributed by atoms with Gasteiger partial charge in [-0.2, -0.15) is 13.2 Å². The molecule has 4 rings (SSSR count). The third-order valence-electron chi connectivity index (χ3n) is 7.74. The maximum atomic E-state index is 13.4. The van der Waals surface area contributed by atoms with Crippen LogP contribution in [-0.4, -0.2) is 66.4 Å². The number of H-pyrrole nitrogens is 1. The fourth-order valence-electron chi connectivity index (χ4n) is 5.37. The number of carbonyl (C=O) groups is 1. The Morgan fingerprint density at radius 1 is 1.18 bits per heavy atom. The van der Waals surface area contributed by atoms with Gasteiger partial charge in [-0.3, -0.25) is 4.79 Å². The van der Waals surface area contributed by atoms with Crippen LogP contribution in [0.25, 0.3) is 11.0 Å². The molecule has 1 aliphatic carbocycles.